The van der Waals surface area contributed by atoms with Gasteiger partial charge in [-0.05, 0) is 181 Å². The van der Waals surface area contributed by atoms with E-state index in [-0.39, 0.29) is 28.5 Å². The highest BCUT2D eigenvalue weighted by molar-refractivity contribution is 6.93. The predicted molar refractivity (Wildman–Crippen MR) is 298 cm³/mol. The Balaban J connectivity index is 1.21. The topological polar surface area (TPSA) is 6.48 Å². The summed E-state index contributed by atoms with van der Waals surface area (Å²) in [4.78, 5) is 5.53. The molecule has 0 unspecified atom stereocenters. The molecule has 13 rings (SSSR count). The molecule has 346 valence electrons. The normalized spacial score (nSPS) is 18.7. The Kier molecular flexibility index (Phi) is 9.15. The van der Waals surface area contributed by atoms with Crippen LogP contribution in [0.4, 0.5) is 28.4 Å². The third kappa shape index (κ3) is 5.87. The van der Waals surface area contributed by atoms with Gasteiger partial charge in [-0.15, -0.1) is 0 Å². The number of rotatable bonds is 4. The summed E-state index contributed by atoms with van der Waals surface area (Å²) in [6, 6.07) is 64.2. The van der Waals surface area contributed by atoms with E-state index in [9.17, 15) is 0 Å². The number of hydrogen-bond donors (Lipinski definition) is 0. The third-order valence-electron chi connectivity index (χ3n) is 18.3. The molecule has 0 bridgehead atoms. The van der Waals surface area contributed by atoms with Gasteiger partial charge in [0.1, 0.15) is 0 Å². The lowest BCUT2D eigenvalue weighted by Crippen LogP contribution is -2.63. The number of aryl methyl sites for hydroxylation is 2. The Hall–Kier alpha value is -6.58. The minimum atomic E-state index is -0.569. The fraction of sp³-hybridized carbons (Fsp3) is 0.284. The average Bonchev–Trinajstić information content (AvgIpc) is 3.35. The van der Waals surface area contributed by atoms with Crippen LogP contribution in [0, 0.1) is 13.8 Å². The van der Waals surface area contributed by atoms with E-state index in [4.69, 9.17) is 0 Å². The van der Waals surface area contributed by atoms with Gasteiger partial charge in [-0.3, -0.25) is 0 Å². The van der Waals surface area contributed by atoms with Crippen molar-refractivity contribution >= 4 is 46.2 Å². The number of fused-ring (bicyclic) bond motifs is 8. The third-order valence-corrected chi connectivity index (χ3v) is 18.3. The van der Waals surface area contributed by atoms with Gasteiger partial charge < -0.3 is 9.71 Å². The zero-order valence-electron chi connectivity index (χ0n) is 42.9. The van der Waals surface area contributed by atoms with Crippen LogP contribution in [-0.2, 0) is 27.1 Å². The lowest BCUT2D eigenvalue weighted by Gasteiger charge is -2.53. The second-order valence-corrected chi connectivity index (χ2v) is 24.3. The van der Waals surface area contributed by atoms with Crippen LogP contribution in [0.2, 0.25) is 0 Å². The van der Waals surface area contributed by atoms with E-state index >= 15 is 0 Å². The lowest BCUT2D eigenvalue weighted by molar-refractivity contribution is 0.332. The van der Waals surface area contributed by atoms with Crippen molar-refractivity contribution in [2.45, 2.75) is 122 Å². The first kappa shape index (κ1) is 43.4. The highest BCUT2D eigenvalue weighted by Crippen LogP contribution is 2.61. The largest absolute Gasteiger partial charge is 0.376 e. The van der Waals surface area contributed by atoms with Crippen molar-refractivity contribution in [1.82, 2.24) is 0 Å². The molecule has 0 fully saturated rings. The van der Waals surface area contributed by atoms with Gasteiger partial charge in [0.05, 0.1) is 5.41 Å². The molecule has 0 radical (unpaired) electrons. The van der Waals surface area contributed by atoms with Crippen LogP contribution < -0.4 is 20.6 Å². The first-order valence-corrected chi connectivity index (χ1v) is 26.1. The smallest absolute Gasteiger partial charge is 0.333 e. The SMILES string of the molecule is Cc1cccc(C)c1-c1cc2c3c(c1)N(c1ccc4c(c1)C(C)(C)CCC4(C)C)c1cc4c(cc1B3N1c3ccccc3C(c3ccccc3)(c3ccccc3)c3cccc-2c31)C(C)(C)CCC4(C)C. The number of para-hydroxylation sites is 2. The molecular formula is C67H65BN2. The molecule has 8 aromatic carbocycles. The van der Waals surface area contributed by atoms with Gasteiger partial charge in [0.2, 0.25) is 0 Å². The number of hydrogen-bond acceptors (Lipinski definition) is 2. The first-order chi connectivity index (χ1) is 33.5. The van der Waals surface area contributed by atoms with Gasteiger partial charge in [-0.2, -0.15) is 0 Å². The highest BCUT2D eigenvalue weighted by Gasteiger charge is 2.54. The lowest BCUT2D eigenvalue weighted by atomic mass is 9.41. The van der Waals surface area contributed by atoms with Gasteiger partial charge in [0.15, 0.2) is 0 Å². The Bertz CT molecular complexity index is 3420. The molecule has 3 heteroatoms. The molecule has 0 N–H and O–H groups in total. The molecule has 0 saturated heterocycles. The Morgan fingerprint density at radius 2 is 0.957 bits per heavy atom. The monoisotopic (exact) mass is 909 g/mol. The van der Waals surface area contributed by atoms with Crippen molar-refractivity contribution in [1.29, 1.82) is 0 Å². The van der Waals surface area contributed by atoms with Crippen LogP contribution in [-0.4, -0.2) is 6.85 Å². The first-order valence-electron chi connectivity index (χ1n) is 26.1. The van der Waals surface area contributed by atoms with Crippen LogP contribution in [0.1, 0.15) is 137 Å². The molecule has 0 aromatic heterocycles. The summed E-state index contributed by atoms with van der Waals surface area (Å²) in [5, 5.41) is 0. The van der Waals surface area contributed by atoms with E-state index in [2.05, 4.69) is 243 Å². The molecule has 3 aliphatic heterocycles. The van der Waals surface area contributed by atoms with Crippen molar-refractivity contribution < 1.29 is 0 Å². The van der Waals surface area contributed by atoms with E-state index in [1.54, 1.807) is 0 Å². The summed E-state index contributed by atoms with van der Waals surface area (Å²) >= 11 is 0. The Morgan fingerprint density at radius 1 is 0.414 bits per heavy atom. The molecule has 2 aliphatic carbocycles. The summed E-state index contributed by atoms with van der Waals surface area (Å²) in [5.74, 6) is 0. The zero-order valence-corrected chi connectivity index (χ0v) is 42.9. The molecular weight excluding hydrogens is 844 g/mol. The molecule has 8 aromatic rings. The van der Waals surface area contributed by atoms with Crippen LogP contribution in [0.5, 0.6) is 0 Å². The molecule has 0 saturated carbocycles. The van der Waals surface area contributed by atoms with Gasteiger partial charge in [-0.25, -0.2) is 0 Å². The van der Waals surface area contributed by atoms with Gasteiger partial charge in [0, 0.05) is 34.0 Å². The van der Waals surface area contributed by atoms with Crippen LogP contribution in [0.25, 0.3) is 22.3 Å². The Morgan fingerprint density at radius 3 is 1.60 bits per heavy atom. The molecule has 0 amide bonds. The van der Waals surface area contributed by atoms with Crippen molar-refractivity contribution in [3.8, 4) is 22.3 Å². The van der Waals surface area contributed by atoms with E-state index < -0.39 is 5.41 Å². The summed E-state index contributed by atoms with van der Waals surface area (Å²) in [5.41, 5.74) is 27.8. The minimum Gasteiger partial charge on any atom is -0.376 e. The molecule has 0 atom stereocenters. The van der Waals surface area contributed by atoms with Gasteiger partial charge in [-0.1, -0.05) is 183 Å². The van der Waals surface area contributed by atoms with E-state index in [1.165, 1.54) is 130 Å². The maximum Gasteiger partial charge on any atom is 0.333 e. The maximum atomic E-state index is 2.80. The van der Waals surface area contributed by atoms with Crippen molar-refractivity contribution in [2.24, 2.45) is 0 Å². The summed E-state index contributed by atoms with van der Waals surface area (Å²) in [6.45, 7) is 24.3. The second kappa shape index (κ2) is 14.7. The standard InChI is InChI=1S/C67H65BN2/c1-42-21-19-22-43(2)60(42)44-37-49-48-27-20-29-52-62(48)70(57-30-18-17-28-51(57)67(52,45-23-13-11-14-24-45)46-25-15-12-16-26-46)68-56-40-54-55(66(9,10)36-35-65(54,7)8)41-58(56)69(59(38-44)61(49)68)47-31-32-50-53(39-47)64(5,6)34-33-63(50,3)4/h11-32,37-41H,33-36H2,1-10H3. The second-order valence-electron chi connectivity index (χ2n) is 24.3. The fourth-order valence-corrected chi connectivity index (χ4v) is 14.3. The van der Waals surface area contributed by atoms with E-state index in [0.29, 0.717) is 0 Å². The number of benzene rings is 8. The maximum absolute atomic E-state index is 2.80. The quantitative estimate of drug-likeness (QED) is 0.162. The average molecular weight is 909 g/mol. The molecule has 5 aliphatic rings. The fourth-order valence-electron chi connectivity index (χ4n) is 14.3. The minimum absolute atomic E-state index is 0.0218. The van der Waals surface area contributed by atoms with Crippen LogP contribution >= 0.6 is 0 Å². The van der Waals surface area contributed by atoms with Gasteiger partial charge >= 0.3 is 6.85 Å². The molecule has 3 heterocycles. The molecule has 0 spiro atoms. The molecule has 2 nitrogen and oxygen atoms in total. The Labute approximate surface area is 417 Å². The summed E-state index contributed by atoms with van der Waals surface area (Å²) in [6.07, 6.45) is 4.68. The van der Waals surface area contributed by atoms with Crippen LogP contribution in [0.15, 0.2) is 164 Å². The summed E-state index contributed by atoms with van der Waals surface area (Å²) in [7, 11) is 0. The molecule has 70 heavy (non-hydrogen) atoms. The van der Waals surface area contributed by atoms with Crippen molar-refractivity contribution in [2.75, 3.05) is 9.71 Å². The van der Waals surface area contributed by atoms with E-state index in [0.717, 1.165) is 12.8 Å². The zero-order chi connectivity index (χ0) is 48.3. The van der Waals surface area contributed by atoms with E-state index in [1.807, 2.05) is 0 Å². The van der Waals surface area contributed by atoms with Crippen LogP contribution in [0.3, 0.4) is 0 Å². The predicted octanol–water partition coefficient (Wildman–Crippen LogP) is 16.1. The number of nitrogens with zero attached hydrogens (tertiary/aromatic N) is 2. The van der Waals surface area contributed by atoms with Crippen molar-refractivity contribution in [3.63, 3.8) is 0 Å². The summed E-state index contributed by atoms with van der Waals surface area (Å²) < 4.78 is 0. The van der Waals surface area contributed by atoms with Crippen molar-refractivity contribution in [3.05, 3.63) is 219 Å². The highest BCUT2D eigenvalue weighted by atomic mass is 15.2. The van der Waals surface area contributed by atoms with Gasteiger partial charge in [0.25, 0.3) is 0 Å². The number of anilines is 5.